The van der Waals surface area contributed by atoms with E-state index in [2.05, 4.69) is 229 Å². The van der Waals surface area contributed by atoms with Gasteiger partial charge in [0.1, 0.15) is 0 Å². The van der Waals surface area contributed by atoms with E-state index in [1.165, 1.54) is 72.4 Å². The first-order valence-corrected chi connectivity index (χ1v) is 19.7. The van der Waals surface area contributed by atoms with Crippen molar-refractivity contribution in [3.8, 4) is 33.4 Å². The van der Waals surface area contributed by atoms with Crippen molar-refractivity contribution >= 4 is 17.1 Å². The molecule has 0 aliphatic heterocycles. The van der Waals surface area contributed by atoms with Crippen molar-refractivity contribution in [1.82, 2.24) is 0 Å². The number of benzene rings is 8. The summed E-state index contributed by atoms with van der Waals surface area (Å²) in [6, 6.07) is 74.2. The van der Waals surface area contributed by atoms with Gasteiger partial charge >= 0.3 is 0 Å². The Morgan fingerprint density at radius 3 is 1.30 bits per heavy atom. The van der Waals surface area contributed by atoms with Crippen LogP contribution in [0.3, 0.4) is 0 Å². The van der Waals surface area contributed by atoms with Crippen LogP contribution in [0, 0.1) is 0 Å². The molecule has 0 saturated heterocycles. The molecule has 0 bridgehead atoms. The van der Waals surface area contributed by atoms with E-state index < -0.39 is 5.41 Å². The number of allylic oxidation sites excluding steroid dienone is 4. The zero-order chi connectivity index (χ0) is 37.1. The van der Waals surface area contributed by atoms with Gasteiger partial charge in [0.15, 0.2) is 0 Å². The Labute approximate surface area is 329 Å². The Hall–Kier alpha value is -6.96. The maximum atomic E-state index is 2.47. The highest BCUT2D eigenvalue weighted by Crippen LogP contribution is 2.63. The van der Waals surface area contributed by atoms with Gasteiger partial charge in [-0.15, -0.1) is 0 Å². The zero-order valence-electron chi connectivity index (χ0n) is 31.0. The fourth-order valence-electron chi connectivity index (χ4n) is 9.97. The van der Waals surface area contributed by atoms with E-state index in [4.69, 9.17) is 0 Å². The van der Waals surface area contributed by atoms with Gasteiger partial charge in [0.2, 0.25) is 0 Å². The van der Waals surface area contributed by atoms with Gasteiger partial charge in [-0.05, 0) is 91.5 Å². The third-order valence-corrected chi connectivity index (χ3v) is 12.3. The highest BCUT2D eigenvalue weighted by Gasteiger charge is 2.52. The van der Waals surface area contributed by atoms with Crippen LogP contribution in [0.2, 0.25) is 0 Å². The second-order valence-electron chi connectivity index (χ2n) is 15.2. The average molecular weight is 714 g/mol. The molecule has 8 aromatic carbocycles. The fourth-order valence-corrected chi connectivity index (χ4v) is 9.97. The molecule has 3 aliphatic carbocycles. The summed E-state index contributed by atoms with van der Waals surface area (Å²) in [7, 11) is 0. The molecule has 0 fully saturated rings. The third-order valence-electron chi connectivity index (χ3n) is 12.3. The number of fused-ring (bicyclic) bond motifs is 12. The minimum absolute atomic E-state index is 0.249. The van der Waals surface area contributed by atoms with Crippen molar-refractivity contribution in [2.45, 2.75) is 17.3 Å². The highest BCUT2D eigenvalue weighted by atomic mass is 15.1. The van der Waals surface area contributed by atoms with Crippen LogP contribution in [0.5, 0.6) is 0 Å². The number of nitrogens with zero attached hydrogens (tertiary/aromatic N) is 1. The highest BCUT2D eigenvalue weighted by molar-refractivity contribution is 5.98. The molecule has 1 spiro atoms. The van der Waals surface area contributed by atoms with Crippen molar-refractivity contribution in [3.05, 3.63) is 258 Å². The summed E-state index contributed by atoms with van der Waals surface area (Å²) in [5.74, 6) is 0.498. The van der Waals surface area contributed by atoms with Crippen LogP contribution in [0.25, 0.3) is 33.4 Å². The Balaban J connectivity index is 1.18. The van der Waals surface area contributed by atoms with Gasteiger partial charge in [0.05, 0.1) is 11.1 Å². The maximum Gasteiger partial charge on any atom is 0.0720 e. The summed E-state index contributed by atoms with van der Waals surface area (Å²) < 4.78 is 0. The van der Waals surface area contributed by atoms with Crippen LogP contribution in [-0.4, -0.2) is 0 Å². The molecule has 1 heteroatoms. The van der Waals surface area contributed by atoms with Crippen molar-refractivity contribution in [1.29, 1.82) is 0 Å². The second kappa shape index (κ2) is 13.1. The quantitative estimate of drug-likeness (QED) is 0.172. The van der Waals surface area contributed by atoms with Gasteiger partial charge < -0.3 is 4.90 Å². The lowest BCUT2D eigenvalue weighted by molar-refractivity contribution is 0.732. The smallest absolute Gasteiger partial charge is 0.0720 e. The molecule has 8 aromatic rings. The van der Waals surface area contributed by atoms with Crippen molar-refractivity contribution in [2.24, 2.45) is 0 Å². The van der Waals surface area contributed by atoms with Gasteiger partial charge in [-0.2, -0.15) is 0 Å². The van der Waals surface area contributed by atoms with Gasteiger partial charge in [0.25, 0.3) is 0 Å². The third kappa shape index (κ3) is 4.87. The topological polar surface area (TPSA) is 3.24 Å². The summed E-state index contributed by atoms with van der Waals surface area (Å²) >= 11 is 0. The number of hydrogen-bond acceptors (Lipinski definition) is 1. The van der Waals surface area contributed by atoms with Gasteiger partial charge in [0, 0.05) is 28.8 Å². The van der Waals surface area contributed by atoms with E-state index in [9.17, 15) is 0 Å². The van der Waals surface area contributed by atoms with Crippen LogP contribution in [-0.2, 0) is 5.41 Å². The molecule has 2 unspecified atom stereocenters. The molecule has 1 nitrogen and oxygen atoms in total. The summed E-state index contributed by atoms with van der Waals surface area (Å²) in [4.78, 5) is 2.47. The number of hydrogen-bond donors (Lipinski definition) is 0. The van der Waals surface area contributed by atoms with E-state index >= 15 is 0 Å². The molecule has 2 atom stereocenters. The zero-order valence-corrected chi connectivity index (χ0v) is 31.0. The van der Waals surface area contributed by atoms with Gasteiger partial charge in [-0.1, -0.05) is 194 Å². The van der Waals surface area contributed by atoms with E-state index in [0.717, 1.165) is 11.4 Å². The Morgan fingerprint density at radius 1 is 0.339 bits per heavy atom. The molecule has 3 aliphatic rings. The average Bonchev–Trinajstić information content (AvgIpc) is 3.53. The van der Waals surface area contributed by atoms with Crippen LogP contribution in [0.15, 0.2) is 224 Å². The van der Waals surface area contributed by atoms with E-state index in [0.29, 0.717) is 0 Å². The molecule has 0 aromatic heterocycles. The van der Waals surface area contributed by atoms with E-state index in [-0.39, 0.29) is 11.8 Å². The summed E-state index contributed by atoms with van der Waals surface area (Å²) in [5, 5.41) is 0. The number of anilines is 3. The first kappa shape index (κ1) is 32.5. The summed E-state index contributed by atoms with van der Waals surface area (Å²) in [5.41, 5.74) is 18.5. The molecular weight excluding hydrogens is 675 g/mol. The lowest BCUT2D eigenvalue weighted by Crippen LogP contribution is -2.30. The minimum atomic E-state index is -0.506. The largest absolute Gasteiger partial charge is 0.310 e. The predicted molar refractivity (Wildman–Crippen MR) is 233 cm³/mol. The van der Waals surface area contributed by atoms with Crippen LogP contribution >= 0.6 is 0 Å². The SMILES string of the molecule is C1=CC2c3ccccc3C3(c4ccccc4-c4c(N(c5ccc(-c6ccccc6)cc5)c5ccc(-c6ccccc6)cc5)cccc43)c3ccccc3C2C=C1. The molecular formula is C55H39N. The lowest BCUT2D eigenvalue weighted by Gasteiger charge is -2.36. The van der Waals surface area contributed by atoms with Crippen molar-refractivity contribution in [3.63, 3.8) is 0 Å². The first-order valence-electron chi connectivity index (χ1n) is 19.7. The maximum absolute atomic E-state index is 2.47. The van der Waals surface area contributed by atoms with Crippen LogP contribution in [0.4, 0.5) is 17.1 Å². The second-order valence-corrected chi connectivity index (χ2v) is 15.2. The monoisotopic (exact) mass is 713 g/mol. The van der Waals surface area contributed by atoms with E-state index in [1.807, 2.05) is 0 Å². The van der Waals surface area contributed by atoms with Gasteiger partial charge in [-0.25, -0.2) is 0 Å². The Bertz CT molecular complexity index is 2650. The number of rotatable bonds is 5. The fraction of sp³-hybridized carbons (Fsp3) is 0.0545. The van der Waals surface area contributed by atoms with Crippen LogP contribution < -0.4 is 4.90 Å². The molecule has 56 heavy (non-hydrogen) atoms. The van der Waals surface area contributed by atoms with Gasteiger partial charge in [-0.3, -0.25) is 0 Å². The molecule has 0 saturated carbocycles. The standard InChI is InChI=1S/C55H39N/c1-3-16-38(17-4-1)40-30-34-42(35-31-40)56(43-36-32-41(33-37-43)39-18-5-2-6-19-39)53-29-15-28-52-54(53)48-24-11-14-27-51(48)55(52)49-25-12-9-22-46(49)44-20-7-8-21-45(44)47-23-10-13-26-50(47)55/h1-37,44-45H. The summed E-state index contributed by atoms with van der Waals surface area (Å²) in [6.45, 7) is 0. The summed E-state index contributed by atoms with van der Waals surface area (Å²) in [6.07, 6.45) is 9.29. The normalized spacial score (nSPS) is 18.3. The van der Waals surface area contributed by atoms with Crippen molar-refractivity contribution < 1.29 is 0 Å². The van der Waals surface area contributed by atoms with Crippen LogP contribution in [0.1, 0.15) is 45.2 Å². The molecule has 0 amide bonds. The Morgan fingerprint density at radius 2 is 0.768 bits per heavy atom. The molecule has 264 valence electrons. The molecule has 11 rings (SSSR count). The minimum Gasteiger partial charge on any atom is -0.310 e. The first-order chi connectivity index (χ1) is 27.8. The Kier molecular flexibility index (Phi) is 7.60. The molecule has 0 heterocycles. The predicted octanol–water partition coefficient (Wildman–Crippen LogP) is 14.2. The van der Waals surface area contributed by atoms with E-state index in [1.54, 1.807) is 0 Å². The molecule has 0 radical (unpaired) electrons. The van der Waals surface area contributed by atoms with Crippen molar-refractivity contribution in [2.75, 3.05) is 4.90 Å². The lowest BCUT2D eigenvalue weighted by atomic mass is 9.66. The molecule has 0 N–H and O–H groups in total.